The summed E-state index contributed by atoms with van der Waals surface area (Å²) in [7, 11) is 0. The van der Waals surface area contributed by atoms with E-state index < -0.39 is 0 Å². The summed E-state index contributed by atoms with van der Waals surface area (Å²) in [4.78, 5) is 27.5. The second kappa shape index (κ2) is 10.00. The Morgan fingerprint density at radius 2 is 2.02 bits per heavy atom. The van der Waals surface area contributed by atoms with Crippen molar-refractivity contribution >= 4 is 39.1 Å². The van der Waals surface area contributed by atoms with E-state index in [2.05, 4.69) is 25.3 Å². The van der Waals surface area contributed by atoms with E-state index in [1.807, 2.05) is 36.5 Å². The van der Waals surface area contributed by atoms with Crippen LogP contribution in [0.5, 0.6) is 11.5 Å². The van der Waals surface area contributed by atoms with Gasteiger partial charge in [0.05, 0.1) is 39.5 Å². The largest absolute Gasteiger partial charge is 0.486 e. The van der Waals surface area contributed by atoms with Gasteiger partial charge in [0, 0.05) is 31.0 Å². The van der Waals surface area contributed by atoms with E-state index in [1.165, 1.54) is 6.39 Å². The Labute approximate surface area is 247 Å². The van der Waals surface area contributed by atoms with Crippen LogP contribution < -0.4 is 9.47 Å². The molecule has 2 aromatic carbocycles. The molecule has 1 fully saturated rings. The number of likely N-dealkylation sites (tertiary alicyclic amines) is 1. The molecule has 0 saturated carbocycles. The number of para-hydroxylation sites is 1. The third-order valence-corrected chi connectivity index (χ3v) is 8.80. The van der Waals surface area contributed by atoms with Crippen LogP contribution in [0.25, 0.3) is 32.0 Å². The summed E-state index contributed by atoms with van der Waals surface area (Å²) >= 11 is 8.04. The maximum Gasteiger partial charge on any atom is 0.256 e. The molecule has 1 N–H and O–H groups in total. The highest BCUT2D eigenvalue weighted by atomic mass is 35.5. The Hall–Kier alpha value is -4.68. The van der Waals surface area contributed by atoms with Crippen LogP contribution in [0.4, 0.5) is 0 Å². The van der Waals surface area contributed by atoms with E-state index in [1.54, 1.807) is 39.4 Å². The number of nitrogens with zero attached hydrogens (tertiary/aromatic N) is 6. The number of hydrogen-bond donors (Lipinski definition) is 1. The first-order valence-corrected chi connectivity index (χ1v) is 14.5. The zero-order valence-corrected chi connectivity index (χ0v) is 23.6. The number of fused-ring (bicyclic) bond motifs is 2. The number of amides is 1. The highest BCUT2D eigenvalue weighted by Gasteiger charge is 2.37. The van der Waals surface area contributed by atoms with Gasteiger partial charge >= 0.3 is 0 Å². The first kappa shape index (κ1) is 25.1. The molecule has 42 heavy (non-hydrogen) atoms. The van der Waals surface area contributed by atoms with Crippen molar-refractivity contribution < 1.29 is 18.7 Å². The minimum absolute atomic E-state index is 0.0323. The summed E-state index contributed by atoms with van der Waals surface area (Å²) < 4.78 is 20.0. The molecular formula is C29H22ClN7O4S. The molecule has 2 aliphatic heterocycles. The molecule has 0 atom stereocenters. The van der Waals surface area contributed by atoms with Gasteiger partial charge in [-0.1, -0.05) is 28.9 Å². The quantitative estimate of drug-likeness (QED) is 0.275. The fourth-order valence-electron chi connectivity index (χ4n) is 5.36. The molecule has 4 aromatic heterocycles. The lowest BCUT2D eigenvalue weighted by molar-refractivity contribution is 0.0581. The number of aromatic nitrogens is 6. The van der Waals surface area contributed by atoms with Crippen LogP contribution in [0.2, 0.25) is 5.02 Å². The number of benzene rings is 2. The summed E-state index contributed by atoms with van der Waals surface area (Å²) in [6.45, 7) is 2.34. The number of rotatable bonds is 6. The number of nitrogens with one attached hydrogen (secondary N) is 1. The molecule has 2 aliphatic rings. The molecule has 8 rings (SSSR count). The highest BCUT2D eigenvalue weighted by molar-refractivity contribution is 7.21. The number of thiazole rings is 1. The number of hydrogen-bond acceptors (Lipinski definition) is 9. The average molecular weight is 600 g/mol. The van der Waals surface area contributed by atoms with Crippen molar-refractivity contribution in [3.05, 3.63) is 83.4 Å². The molecule has 210 valence electrons. The van der Waals surface area contributed by atoms with Crippen molar-refractivity contribution in [2.24, 2.45) is 0 Å². The Balaban J connectivity index is 0.959. The predicted octanol–water partition coefficient (Wildman–Crippen LogP) is 5.25. The number of carbonyl (C=O) groups excluding carboxylic acids is 1. The van der Waals surface area contributed by atoms with E-state index in [4.69, 9.17) is 25.5 Å². The topological polar surface area (TPSA) is 124 Å². The molecule has 1 amide bonds. The molecular weight excluding hydrogens is 578 g/mol. The monoisotopic (exact) mass is 599 g/mol. The van der Waals surface area contributed by atoms with Gasteiger partial charge in [0.1, 0.15) is 35.4 Å². The van der Waals surface area contributed by atoms with Crippen molar-refractivity contribution in [3.8, 4) is 33.3 Å². The van der Waals surface area contributed by atoms with Crippen molar-refractivity contribution in [1.82, 2.24) is 34.8 Å². The number of ether oxygens (including phenoxy) is 2. The fourth-order valence-corrected chi connectivity index (χ4v) is 6.54. The predicted molar refractivity (Wildman–Crippen MR) is 155 cm³/mol. The molecule has 0 spiro atoms. The molecule has 6 aromatic rings. The summed E-state index contributed by atoms with van der Waals surface area (Å²) in [6, 6.07) is 11.6. The van der Waals surface area contributed by atoms with Crippen LogP contribution in [-0.2, 0) is 6.54 Å². The van der Waals surface area contributed by atoms with Crippen molar-refractivity contribution in [1.29, 1.82) is 0 Å². The smallest absolute Gasteiger partial charge is 0.256 e. The van der Waals surface area contributed by atoms with Gasteiger partial charge in [-0.2, -0.15) is 0 Å². The first-order valence-electron chi connectivity index (χ1n) is 13.3. The summed E-state index contributed by atoms with van der Waals surface area (Å²) in [5.74, 6) is 1.81. The maximum absolute atomic E-state index is 13.5. The Morgan fingerprint density at radius 1 is 1.14 bits per heavy atom. The first-order chi connectivity index (χ1) is 20.6. The Kier molecular flexibility index (Phi) is 5.97. The summed E-state index contributed by atoms with van der Waals surface area (Å²) in [5.41, 5.74) is 4.50. The maximum atomic E-state index is 13.5. The van der Waals surface area contributed by atoms with Gasteiger partial charge < -0.3 is 23.8 Å². The molecule has 0 unspecified atom stereocenters. The van der Waals surface area contributed by atoms with Gasteiger partial charge in [-0.3, -0.25) is 4.79 Å². The number of oxazole rings is 1. The summed E-state index contributed by atoms with van der Waals surface area (Å²) in [5, 5.41) is 9.87. The van der Waals surface area contributed by atoms with E-state index in [9.17, 15) is 4.79 Å². The van der Waals surface area contributed by atoms with Crippen molar-refractivity contribution in [2.75, 3.05) is 26.3 Å². The third kappa shape index (κ3) is 4.30. The van der Waals surface area contributed by atoms with E-state index in [0.29, 0.717) is 60.6 Å². The molecule has 11 nitrogen and oxygen atoms in total. The van der Waals surface area contributed by atoms with E-state index in [0.717, 1.165) is 37.8 Å². The number of H-pyrrole nitrogens is 1. The molecule has 0 aliphatic carbocycles. The standard InChI is InChI=1S/C29H22ClN7O4S/c30-20-7-16(8-24-27(20)40-6-5-39-24)18-9-31-10-19(18)29(38)36-11-17(12-36)26-22(32-15-41-26)13-37-14-23(34-35-37)28-33-21-3-1-2-4-25(21)42-28/h1-4,7-10,14-15,17,31H,5-6,11-13H2. The SMILES string of the molecule is O=C(c1c[nH]cc1-c1cc(Cl)c2c(c1)OCCO2)N1CC(c2ocnc2Cn2cc(-c3nc4ccccc4s3)nn2)C1. The second-order valence-electron chi connectivity index (χ2n) is 10.1. The average Bonchev–Trinajstić information content (AvgIpc) is 3.79. The van der Waals surface area contributed by atoms with Crippen LogP contribution in [0.1, 0.15) is 27.7 Å². The van der Waals surface area contributed by atoms with Gasteiger partial charge in [-0.15, -0.1) is 16.4 Å². The molecule has 6 heterocycles. The Morgan fingerprint density at radius 3 is 2.93 bits per heavy atom. The van der Waals surface area contributed by atoms with Gasteiger partial charge in [0.2, 0.25) is 0 Å². The van der Waals surface area contributed by atoms with Crippen LogP contribution in [0, 0.1) is 0 Å². The van der Waals surface area contributed by atoms with Crippen LogP contribution in [-0.4, -0.2) is 67.1 Å². The second-order valence-corrected chi connectivity index (χ2v) is 11.6. The molecule has 0 bridgehead atoms. The molecule has 0 radical (unpaired) electrons. The van der Waals surface area contributed by atoms with Crippen molar-refractivity contribution in [3.63, 3.8) is 0 Å². The normalized spacial score (nSPS) is 14.8. The zero-order valence-electron chi connectivity index (χ0n) is 22.0. The number of halogens is 1. The number of carbonyl (C=O) groups is 1. The Bertz CT molecular complexity index is 1920. The fraction of sp³-hybridized carbons (Fsp3) is 0.207. The van der Waals surface area contributed by atoms with Crippen LogP contribution in [0.15, 0.2) is 65.8 Å². The van der Waals surface area contributed by atoms with E-state index in [-0.39, 0.29) is 11.8 Å². The summed E-state index contributed by atoms with van der Waals surface area (Å²) in [6.07, 6.45) is 6.81. The van der Waals surface area contributed by atoms with Crippen LogP contribution in [0.3, 0.4) is 0 Å². The lowest BCUT2D eigenvalue weighted by atomic mass is 9.94. The minimum atomic E-state index is -0.0775. The van der Waals surface area contributed by atoms with Crippen molar-refractivity contribution in [2.45, 2.75) is 12.5 Å². The zero-order chi connectivity index (χ0) is 28.2. The third-order valence-electron chi connectivity index (χ3n) is 7.46. The van der Waals surface area contributed by atoms with Gasteiger partial charge in [0.25, 0.3) is 5.91 Å². The lowest BCUT2D eigenvalue weighted by Crippen LogP contribution is -2.48. The van der Waals surface area contributed by atoms with Crippen LogP contribution >= 0.6 is 22.9 Å². The number of aromatic amines is 1. The van der Waals surface area contributed by atoms with Gasteiger partial charge in [-0.25, -0.2) is 14.6 Å². The minimum Gasteiger partial charge on any atom is -0.486 e. The molecule has 1 saturated heterocycles. The molecule has 13 heteroatoms. The van der Waals surface area contributed by atoms with Gasteiger partial charge in [-0.05, 0) is 29.8 Å². The van der Waals surface area contributed by atoms with E-state index >= 15 is 0 Å². The lowest BCUT2D eigenvalue weighted by Gasteiger charge is -2.38. The highest BCUT2D eigenvalue weighted by Crippen LogP contribution is 2.42. The van der Waals surface area contributed by atoms with Gasteiger partial charge in [0.15, 0.2) is 17.9 Å².